The molecule has 0 saturated heterocycles. The quantitative estimate of drug-likeness (QED) is 0.843. The molecular weight excluding hydrogens is 212 g/mol. The van der Waals surface area contributed by atoms with Gasteiger partial charge in [-0.2, -0.15) is 0 Å². The maximum Gasteiger partial charge on any atom is 0.230 e. The highest BCUT2D eigenvalue weighted by Crippen LogP contribution is 2.23. The zero-order valence-electron chi connectivity index (χ0n) is 9.60. The van der Waals surface area contributed by atoms with Crippen LogP contribution in [0.15, 0.2) is 18.2 Å². The lowest BCUT2D eigenvalue weighted by Gasteiger charge is -2.21. The molecule has 1 aromatic rings. The van der Waals surface area contributed by atoms with Gasteiger partial charge in [-0.15, -0.1) is 0 Å². The largest absolute Gasteiger partial charge is 0.323 e. The second-order valence-corrected chi connectivity index (χ2v) is 4.32. The van der Waals surface area contributed by atoms with Crippen molar-refractivity contribution in [3.05, 3.63) is 29.8 Å². The summed E-state index contributed by atoms with van der Waals surface area (Å²) >= 11 is 0. The number of halogens is 2. The molecule has 0 spiro atoms. The Bertz CT molecular complexity index is 402. The molecule has 16 heavy (non-hydrogen) atoms. The lowest BCUT2D eigenvalue weighted by molar-refractivity contribution is -0.124. The van der Waals surface area contributed by atoms with E-state index in [9.17, 15) is 13.6 Å². The van der Waals surface area contributed by atoms with E-state index in [2.05, 4.69) is 5.32 Å². The van der Waals surface area contributed by atoms with E-state index in [0.29, 0.717) is 6.42 Å². The van der Waals surface area contributed by atoms with Crippen LogP contribution in [0.3, 0.4) is 0 Å². The molecule has 88 valence electrons. The van der Waals surface area contributed by atoms with Crippen LogP contribution in [0, 0.1) is 17.0 Å². The van der Waals surface area contributed by atoms with Crippen LogP contribution < -0.4 is 5.32 Å². The number of benzene rings is 1. The van der Waals surface area contributed by atoms with Gasteiger partial charge in [0.25, 0.3) is 0 Å². The molecule has 0 radical (unpaired) electrons. The standard InChI is InChI=1S/C12H15F2NO/c1-4-12(2,3)11(16)15-10-6-5-8(13)7-9(10)14/h5-7H,4H2,1-3H3,(H,15,16). The van der Waals surface area contributed by atoms with E-state index in [1.165, 1.54) is 6.07 Å². The molecule has 4 heteroatoms. The fourth-order valence-corrected chi connectivity index (χ4v) is 1.04. The minimum Gasteiger partial charge on any atom is -0.323 e. The third kappa shape index (κ3) is 2.78. The molecule has 2 nitrogen and oxygen atoms in total. The third-order valence-corrected chi connectivity index (χ3v) is 2.68. The SMILES string of the molecule is CCC(C)(C)C(=O)Nc1ccc(F)cc1F. The van der Waals surface area contributed by atoms with Crippen LogP contribution in [0.4, 0.5) is 14.5 Å². The molecule has 0 fully saturated rings. The van der Waals surface area contributed by atoms with Gasteiger partial charge in [0.05, 0.1) is 5.69 Å². The van der Waals surface area contributed by atoms with Gasteiger partial charge in [0.1, 0.15) is 11.6 Å². The number of hydrogen-bond donors (Lipinski definition) is 1. The minimum absolute atomic E-state index is 0.00734. The molecule has 0 bridgehead atoms. The van der Waals surface area contributed by atoms with Crippen molar-refractivity contribution in [2.75, 3.05) is 5.32 Å². The predicted octanol–water partition coefficient (Wildman–Crippen LogP) is 3.34. The van der Waals surface area contributed by atoms with Gasteiger partial charge in [0, 0.05) is 11.5 Å². The van der Waals surface area contributed by atoms with Crippen molar-refractivity contribution in [3.63, 3.8) is 0 Å². The Kier molecular flexibility index (Phi) is 3.62. The first kappa shape index (κ1) is 12.6. The van der Waals surface area contributed by atoms with Crippen molar-refractivity contribution in [1.82, 2.24) is 0 Å². The molecule has 1 rings (SSSR count). The highest BCUT2D eigenvalue weighted by atomic mass is 19.1. The Labute approximate surface area is 93.7 Å². The Morgan fingerprint density at radius 1 is 1.38 bits per heavy atom. The van der Waals surface area contributed by atoms with E-state index in [1.807, 2.05) is 6.92 Å². The van der Waals surface area contributed by atoms with Gasteiger partial charge in [-0.05, 0) is 18.6 Å². The predicted molar refractivity (Wildman–Crippen MR) is 59.1 cm³/mol. The second kappa shape index (κ2) is 4.60. The van der Waals surface area contributed by atoms with E-state index in [1.54, 1.807) is 13.8 Å². The Morgan fingerprint density at radius 3 is 2.50 bits per heavy atom. The van der Waals surface area contributed by atoms with Crippen LogP contribution in [-0.4, -0.2) is 5.91 Å². The Balaban J connectivity index is 2.85. The van der Waals surface area contributed by atoms with Gasteiger partial charge in [0.2, 0.25) is 5.91 Å². The number of hydrogen-bond acceptors (Lipinski definition) is 1. The monoisotopic (exact) mass is 227 g/mol. The number of rotatable bonds is 3. The van der Waals surface area contributed by atoms with E-state index in [0.717, 1.165) is 12.1 Å². The molecule has 0 atom stereocenters. The summed E-state index contributed by atoms with van der Waals surface area (Å²) in [6.45, 7) is 5.41. The average Bonchev–Trinajstić information content (AvgIpc) is 2.22. The Hall–Kier alpha value is -1.45. The lowest BCUT2D eigenvalue weighted by atomic mass is 9.89. The maximum atomic E-state index is 13.2. The lowest BCUT2D eigenvalue weighted by Crippen LogP contribution is -2.30. The molecule has 1 aromatic carbocycles. The summed E-state index contributed by atoms with van der Waals surface area (Å²) in [6.07, 6.45) is 0.641. The van der Waals surface area contributed by atoms with Gasteiger partial charge in [-0.25, -0.2) is 8.78 Å². The van der Waals surface area contributed by atoms with Crippen molar-refractivity contribution in [2.24, 2.45) is 5.41 Å². The summed E-state index contributed by atoms with van der Waals surface area (Å²) in [5, 5.41) is 2.45. The van der Waals surface area contributed by atoms with Crippen LogP contribution >= 0.6 is 0 Å². The first-order chi connectivity index (χ1) is 7.36. The molecule has 0 unspecified atom stereocenters. The number of amides is 1. The molecule has 0 aliphatic carbocycles. The summed E-state index contributed by atoms with van der Waals surface area (Å²) in [6, 6.07) is 3.07. The summed E-state index contributed by atoms with van der Waals surface area (Å²) < 4.78 is 25.9. The van der Waals surface area contributed by atoms with Crippen molar-refractivity contribution in [2.45, 2.75) is 27.2 Å². The van der Waals surface area contributed by atoms with Crippen LogP contribution in [0.2, 0.25) is 0 Å². The number of nitrogens with one attached hydrogen (secondary N) is 1. The molecule has 1 N–H and O–H groups in total. The van der Waals surface area contributed by atoms with E-state index in [-0.39, 0.29) is 11.6 Å². The highest BCUT2D eigenvalue weighted by molar-refractivity contribution is 5.94. The second-order valence-electron chi connectivity index (χ2n) is 4.32. The summed E-state index contributed by atoms with van der Waals surface area (Å²) in [5.41, 5.74) is -0.561. The fourth-order valence-electron chi connectivity index (χ4n) is 1.04. The topological polar surface area (TPSA) is 29.1 Å². The average molecular weight is 227 g/mol. The molecule has 0 saturated carbocycles. The summed E-state index contributed by atoms with van der Waals surface area (Å²) in [7, 11) is 0. The van der Waals surface area contributed by atoms with Gasteiger partial charge in [-0.1, -0.05) is 20.8 Å². The normalized spacial score (nSPS) is 11.3. The van der Waals surface area contributed by atoms with Crippen LogP contribution in [0.25, 0.3) is 0 Å². The smallest absolute Gasteiger partial charge is 0.230 e. The molecule has 0 aliphatic rings. The molecule has 0 aliphatic heterocycles. The number of carbonyl (C=O) groups excluding carboxylic acids is 1. The fraction of sp³-hybridized carbons (Fsp3) is 0.417. The van der Waals surface area contributed by atoms with Crippen LogP contribution in [0.5, 0.6) is 0 Å². The first-order valence-electron chi connectivity index (χ1n) is 5.13. The van der Waals surface area contributed by atoms with Gasteiger partial charge >= 0.3 is 0 Å². The van der Waals surface area contributed by atoms with Crippen molar-refractivity contribution < 1.29 is 13.6 Å². The van der Waals surface area contributed by atoms with E-state index >= 15 is 0 Å². The molecular formula is C12H15F2NO. The van der Waals surface area contributed by atoms with Crippen LogP contribution in [0.1, 0.15) is 27.2 Å². The van der Waals surface area contributed by atoms with Crippen molar-refractivity contribution >= 4 is 11.6 Å². The maximum absolute atomic E-state index is 13.2. The van der Waals surface area contributed by atoms with Crippen LogP contribution in [-0.2, 0) is 4.79 Å². The van der Waals surface area contributed by atoms with E-state index in [4.69, 9.17) is 0 Å². The number of carbonyl (C=O) groups is 1. The Morgan fingerprint density at radius 2 is 2.00 bits per heavy atom. The van der Waals surface area contributed by atoms with Crippen molar-refractivity contribution in [1.29, 1.82) is 0 Å². The minimum atomic E-state index is -0.764. The van der Waals surface area contributed by atoms with Gasteiger partial charge in [-0.3, -0.25) is 4.79 Å². The third-order valence-electron chi connectivity index (χ3n) is 2.68. The van der Waals surface area contributed by atoms with Crippen molar-refractivity contribution in [3.8, 4) is 0 Å². The molecule has 1 amide bonds. The molecule has 0 heterocycles. The summed E-state index contributed by atoms with van der Waals surface area (Å²) in [5.74, 6) is -1.70. The zero-order valence-corrected chi connectivity index (χ0v) is 9.60. The number of anilines is 1. The highest BCUT2D eigenvalue weighted by Gasteiger charge is 2.25. The van der Waals surface area contributed by atoms with Gasteiger partial charge in [0.15, 0.2) is 0 Å². The molecule has 0 aromatic heterocycles. The first-order valence-corrected chi connectivity index (χ1v) is 5.13. The van der Waals surface area contributed by atoms with Gasteiger partial charge < -0.3 is 5.32 Å². The zero-order chi connectivity index (χ0) is 12.3. The van der Waals surface area contributed by atoms with E-state index < -0.39 is 17.0 Å². The summed E-state index contributed by atoms with van der Waals surface area (Å²) in [4.78, 5) is 11.7.